The fourth-order valence-corrected chi connectivity index (χ4v) is 1.96. The molecule has 1 aromatic carbocycles. The van der Waals surface area contributed by atoms with Gasteiger partial charge in [-0.25, -0.2) is 9.59 Å². The van der Waals surface area contributed by atoms with Crippen molar-refractivity contribution in [3.63, 3.8) is 0 Å². The van der Waals surface area contributed by atoms with Crippen LogP contribution in [0.15, 0.2) is 12.1 Å². The van der Waals surface area contributed by atoms with E-state index in [2.05, 4.69) is 21.9 Å². The summed E-state index contributed by atoms with van der Waals surface area (Å²) in [5.41, 5.74) is 0.122. The maximum absolute atomic E-state index is 11.8. The molecule has 0 bridgehead atoms. The van der Waals surface area contributed by atoms with E-state index in [1.54, 1.807) is 27.7 Å². The first-order valence-electron chi connectivity index (χ1n) is 7.88. The number of carbonyl (C=O) groups is 2. The molecule has 8 heteroatoms. The normalized spacial score (nSPS) is 10.3. The summed E-state index contributed by atoms with van der Waals surface area (Å²) in [6, 6.07) is 2.46. The number of hydrogen-bond donors (Lipinski definition) is 1. The standard InChI is InChI=1S/C18H22N2O6/c1-12-13(8-6-7-9-19-17(22)26-18(2,3)4)10-14(20(23)24)11-15(12)16(21)25-5/h10-11H,7,9H2,1-5H3,(H,19,22). The summed E-state index contributed by atoms with van der Waals surface area (Å²) < 4.78 is 9.74. The Balaban J connectivity index is 2.86. The van der Waals surface area contributed by atoms with Gasteiger partial charge < -0.3 is 14.8 Å². The molecule has 0 unspecified atom stereocenters. The molecule has 8 nitrogen and oxygen atoms in total. The number of nitrogens with one attached hydrogen (secondary N) is 1. The van der Waals surface area contributed by atoms with Gasteiger partial charge in [-0.1, -0.05) is 11.8 Å². The number of amides is 1. The second-order valence-electron chi connectivity index (χ2n) is 6.40. The number of nitro groups is 1. The van der Waals surface area contributed by atoms with Gasteiger partial charge in [0.1, 0.15) is 5.60 Å². The van der Waals surface area contributed by atoms with E-state index in [0.717, 1.165) is 6.07 Å². The van der Waals surface area contributed by atoms with E-state index in [4.69, 9.17) is 4.74 Å². The van der Waals surface area contributed by atoms with Crippen LogP contribution in [-0.2, 0) is 9.47 Å². The number of methoxy groups -OCH3 is 1. The van der Waals surface area contributed by atoms with Gasteiger partial charge in [0.05, 0.1) is 17.6 Å². The monoisotopic (exact) mass is 362 g/mol. The maximum Gasteiger partial charge on any atom is 0.407 e. The summed E-state index contributed by atoms with van der Waals surface area (Å²) >= 11 is 0. The van der Waals surface area contributed by atoms with Gasteiger partial charge in [0.2, 0.25) is 0 Å². The molecule has 0 saturated carbocycles. The van der Waals surface area contributed by atoms with E-state index in [-0.39, 0.29) is 17.8 Å². The summed E-state index contributed by atoms with van der Waals surface area (Å²) in [4.78, 5) is 33.7. The van der Waals surface area contributed by atoms with Crippen LogP contribution in [0.25, 0.3) is 0 Å². The summed E-state index contributed by atoms with van der Waals surface area (Å²) in [7, 11) is 1.20. The van der Waals surface area contributed by atoms with Crippen molar-refractivity contribution < 1.29 is 24.0 Å². The summed E-state index contributed by atoms with van der Waals surface area (Å²) in [6.45, 7) is 7.18. The van der Waals surface area contributed by atoms with Crippen molar-refractivity contribution in [2.45, 2.75) is 39.7 Å². The van der Waals surface area contributed by atoms with E-state index in [1.165, 1.54) is 13.2 Å². The molecule has 0 atom stereocenters. The number of hydrogen-bond acceptors (Lipinski definition) is 6. The Bertz CT molecular complexity index is 768. The molecule has 0 saturated heterocycles. The molecule has 1 aromatic rings. The Morgan fingerprint density at radius 2 is 1.96 bits per heavy atom. The third kappa shape index (κ3) is 6.43. The van der Waals surface area contributed by atoms with Gasteiger partial charge in [0.25, 0.3) is 5.69 Å². The van der Waals surface area contributed by atoms with E-state index in [0.29, 0.717) is 17.5 Å². The summed E-state index contributed by atoms with van der Waals surface area (Å²) in [5, 5.41) is 13.6. The molecule has 0 fully saturated rings. The average molecular weight is 362 g/mol. The number of esters is 1. The molecule has 0 aliphatic heterocycles. The highest BCUT2D eigenvalue weighted by molar-refractivity contribution is 5.92. The maximum atomic E-state index is 11.8. The third-order valence-corrected chi connectivity index (χ3v) is 3.15. The lowest BCUT2D eigenvalue weighted by Gasteiger charge is -2.19. The van der Waals surface area contributed by atoms with Crippen LogP contribution in [0.4, 0.5) is 10.5 Å². The third-order valence-electron chi connectivity index (χ3n) is 3.15. The summed E-state index contributed by atoms with van der Waals surface area (Å²) in [6.07, 6.45) is -0.228. The van der Waals surface area contributed by atoms with Gasteiger partial charge in [-0.2, -0.15) is 0 Å². The number of nitrogens with zero attached hydrogens (tertiary/aromatic N) is 1. The fourth-order valence-electron chi connectivity index (χ4n) is 1.96. The number of nitro benzene ring substituents is 1. The van der Waals surface area contributed by atoms with Crippen molar-refractivity contribution in [1.29, 1.82) is 0 Å². The van der Waals surface area contributed by atoms with Gasteiger partial charge in [-0.15, -0.1) is 0 Å². The minimum atomic E-state index is -0.666. The van der Waals surface area contributed by atoms with Crippen molar-refractivity contribution in [2.24, 2.45) is 0 Å². The lowest BCUT2D eigenvalue weighted by molar-refractivity contribution is -0.384. The van der Waals surface area contributed by atoms with Gasteiger partial charge in [-0.05, 0) is 33.3 Å². The van der Waals surface area contributed by atoms with Gasteiger partial charge in [0, 0.05) is 30.7 Å². The van der Waals surface area contributed by atoms with Crippen LogP contribution >= 0.6 is 0 Å². The van der Waals surface area contributed by atoms with Crippen LogP contribution in [0, 0.1) is 28.9 Å². The quantitative estimate of drug-likeness (QED) is 0.290. The molecule has 26 heavy (non-hydrogen) atoms. The highest BCUT2D eigenvalue weighted by Gasteiger charge is 2.18. The number of benzene rings is 1. The van der Waals surface area contributed by atoms with Gasteiger partial charge in [-0.3, -0.25) is 10.1 Å². The van der Waals surface area contributed by atoms with Crippen LogP contribution in [0.2, 0.25) is 0 Å². The van der Waals surface area contributed by atoms with Gasteiger partial charge >= 0.3 is 12.1 Å². The zero-order valence-electron chi connectivity index (χ0n) is 15.5. The van der Waals surface area contributed by atoms with Crippen molar-refractivity contribution in [1.82, 2.24) is 5.32 Å². The highest BCUT2D eigenvalue weighted by Crippen LogP contribution is 2.22. The predicted molar refractivity (Wildman–Crippen MR) is 94.9 cm³/mol. The minimum absolute atomic E-state index is 0.0953. The molecule has 0 spiro atoms. The highest BCUT2D eigenvalue weighted by atomic mass is 16.6. The Labute approximate surface area is 152 Å². The molecular weight excluding hydrogens is 340 g/mol. The Kier molecular flexibility index (Phi) is 7.14. The first kappa shape index (κ1) is 21.0. The zero-order valence-corrected chi connectivity index (χ0v) is 15.5. The second kappa shape index (κ2) is 8.85. The number of ether oxygens (including phenoxy) is 2. The largest absolute Gasteiger partial charge is 0.465 e. The smallest absolute Gasteiger partial charge is 0.407 e. The number of alkyl carbamates (subject to hydrolysis) is 1. The molecule has 1 amide bonds. The number of rotatable bonds is 4. The SMILES string of the molecule is COC(=O)c1cc([N+](=O)[O-])cc(C#CCCNC(=O)OC(C)(C)C)c1C. The average Bonchev–Trinajstić information content (AvgIpc) is 2.53. The molecule has 0 radical (unpaired) electrons. The van der Waals surface area contributed by atoms with Crippen LogP contribution in [0.3, 0.4) is 0 Å². The molecule has 0 aliphatic rings. The van der Waals surface area contributed by atoms with Crippen LogP contribution in [0.1, 0.15) is 48.7 Å². The molecular formula is C18H22N2O6. The van der Waals surface area contributed by atoms with Crippen molar-refractivity contribution in [3.05, 3.63) is 38.9 Å². The van der Waals surface area contributed by atoms with E-state index >= 15 is 0 Å². The fraction of sp³-hybridized carbons (Fsp3) is 0.444. The number of carbonyl (C=O) groups excluding carboxylic acids is 2. The number of non-ortho nitro benzene ring substituents is 1. The van der Waals surface area contributed by atoms with E-state index in [1.807, 2.05) is 0 Å². The zero-order chi connectivity index (χ0) is 19.9. The topological polar surface area (TPSA) is 108 Å². The lowest BCUT2D eigenvalue weighted by atomic mass is 10.0. The second-order valence-corrected chi connectivity index (χ2v) is 6.40. The predicted octanol–water partition coefficient (Wildman–Crippen LogP) is 2.96. The van der Waals surface area contributed by atoms with Crippen LogP contribution in [0.5, 0.6) is 0 Å². The molecule has 0 aliphatic carbocycles. The molecule has 1 N–H and O–H groups in total. The lowest BCUT2D eigenvalue weighted by Crippen LogP contribution is -2.32. The molecule has 140 valence electrons. The molecule has 1 rings (SSSR count). The Morgan fingerprint density at radius 3 is 2.50 bits per heavy atom. The van der Waals surface area contributed by atoms with Crippen LogP contribution < -0.4 is 5.32 Å². The van der Waals surface area contributed by atoms with Crippen LogP contribution in [-0.4, -0.2) is 36.2 Å². The Morgan fingerprint density at radius 1 is 1.31 bits per heavy atom. The van der Waals surface area contributed by atoms with Crippen molar-refractivity contribution in [2.75, 3.05) is 13.7 Å². The van der Waals surface area contributed by atoms with Crippen molar-refractivity contribution in [3.8, 4) is 11.8 Å². The first-order chi connectivity index (χ1) is 12.0. The van der Waals surface area contributed by atoms with Gasteiger partial charge in [0.15, 0.2) is 0 Å². The first-order valence-corrected chi connectivity index (χ1v) is 7.88. The summed E-state index contributed by atoms with van der Waals surface area (Å²) in [5.74, 6) is 4.95. The van der Waals surface area contributed by atoms with E-state index < -0.39 is 22.6 Å². The van der Waals surface area contributed by atoms with E-state index in [9.17, 15) is 19.7 Å². The Hall–Kier alpha value is -3.08. The molecule has 0 heterocycles. The molecule has 0 aromatic heterocycles. The minimum Gasteiger partial charge on any atom is -0.465 e. The van der Waals surface area contributed by atoms with Crippen molar-refractivity contribution >= 4 is 17.7 Å².